The first kappa shape index (κ1) is 17.6. The number of anilines is 2. The number of nitrogen functional groups attached to an aromatic ring is 2. The maximum atomic E-state index is 13.6. The second kappa shape index (κ2) is 8.22. The molecule has 0 saturated heterocycles. The van der Waals surface area contributed by atoms with Gasteiger partial charge in [-0.15, -0.1) is 0 Å². The molecule has 0 unspecified atom stereocenters. The van der Waals surface area contributed by atoms with Gasteiger partial charge in [-0.2, -0.15) is 10.2 Å². The number of ether oxygens (including phenoxy) is 1. The van der Waals surface area contributed by atoms with Gasteiger partial charge in [0.2, 0.25) is 5.95 Å². The van der Waals surface area contributed by atoms with Gasteiger partial charge in [0.05, 0.1) is 12.3 Å². The molecule has 0 saturated carbocycles. The number of unbranched alkanes of at least 4 members (excludes halogenated alkanes) is 2. The third-order valence-electron chi connectivity index (χ3n) is 3.54. The Morgan fingerprint density at radius 1 is 1.25 bits per heavy atom. The van der Waals surface area contributed by atoms with Crippen LogP contribution in [-0.4, -0.2) is 16.6 Å². The maximum Gasteiger partial charge on any atom is 0.222 e. The van der Waals surface area contributed by atoms with Crippen LogP contribution in [0.2, 0.25) is 0 Å². The standard InChI is InChI=1S/C17H20FN5O/c1-2-3-4-7-24-10-11-8-12(18)5-6-13(11)15-14(9-19)16(20)23-17(21)22-15/h5-6,8H,2-4,7,10H2,1H3,(H4,20,21,22,23). The SMILES string of the molecule is CCCCCOCc1cc(F)ccc1-c1nc(N)nc(N)c1C#N. The molecule has 1 heterocycles. The fraction of sp³-hybridized carbons (Fsp3) is 0.353. The van der Waals surface area contributed by atoms with Gasteiger partial charge in [-0.1, -0.05) is 19.8 Å². The molecule has 4 N–H and O–H groups in total. The molecule has 126 valence electrons. The summed E-state index contributed by atoms with van der Waals surface area (Å²) in [5.74, 6) is -0.431. The van der Waals surface area contributed by atoms with E-state index in [4.69, 9.17) is 16.2 Å². The number of hydrogen-bond donors (Lipinski definition) is 2. The van der Waals surface area contributed by atoms with E-state index in [1.54, 1.807) is 6.07 Å². The molecule has 0 amide bonds. The topological polar surface area (TPSA) is 111 Å². The maximum absolute atomic E-state index is 13.6. The molecule has 0 aliphatic carbocycles. The van der Waals surface area contributed by atoms with Gasteiger partial charge in [0.1, 0.15) is 23.3 Å². The molecule has 0 radical (unpaired) electrons. The van der Waals surface area contributed by atoms with Crippen molar-refractivity contribution in [3.05, 3.63) is 35.1 Å². The van der Waals surface area contributed by atoms with Gasteiger partial charge in [-0.25, -0.2) is 9.37 Å². The highest BCUT2D eigenvalue weighted by atomic mass is 19.1. The number of nitriles is 1. The predicted octanol–water partition coefficient (Wildman–Crippen LogP) is 3.03. The van der Waals surface area contributed by atoms with Gasteiger partial charge in [0, 0.05) is 12.2 Å². The lowest BCUT2D eigenvalue weighted by Gasteiger charge is -2.12. The summed E-state index contributed by atoms with van der Waals surface area (Å²) in [5.41, 5.74) is 12.9. The summed E-state index contributed by atoms with van der Waals surface area (Å²) < 4.78 is 19.2. The molecule has 0 atom stereocenters. The second-order valence-electron chi connectivity index (χ2n) is 5.36. The molecule has 2 rings (SSSR count). The monoisotopic (exact) mass is 329 g/mol. The molecular weight excluding hydrogens is 309 g/mol. The van der Waals surface area contributed by atoms with Crippen LogP contribution in [0.5, 0.6) is 0 Å². The van der Waals surface area contributed by atoms with Crippen LogP contribution in [0.15, 0.2) is 18.2 Å². The first-order valence-electron chi connectivity index (χ1n) is 7.76. The van der Waals surface area contributed by atoms with Crippen LogP contribution < -0.4 is 11.5 Å². The molecule has 0 aliphatic rings. The van der Waals surface area contributed by atoms with E-state index in [0.717, 1.165) is 19.3 Å². The second-order valence-corrected chi connectivity index (χ2v) is 5.36. The molecule has 0 aliphatic heterocycles. The average Bonchev–Trinajstić information content (AvgIpc) is 2.54. The quantitative estimate of drug-likeness (QED) is 0.755. The number of nitrogens with two attached hydrogens (primary N) is 2. The highest BCUT2D eigenvalue weighted by Gasteiger charge is 2.16. The molecule has 7 heteroatoms. The van der Waals surface area contributed by atoms with Gasteiger partial charge >= 0.3 is 0 Å². The minimum absolute atomic E-state index is 0.000797. The highest BCUT2D eigenvalue weighted by molar-refractivity contribution is 5.75. The third kappa shape index (κ3) is 4.18. The van der Waals surface area contributed by atoms with Crippen LogP contribution in [0.25, 0.3) is 11.3 Å². The van der Waals surface area contributed by atoms with Crippen molar-refractivity contribution in [2.75, 3.05) is 18.1 Å². The molecule has 0 bridgehead atoms. The molecule has 24 heavy (non-hydrogen) atoms. The Bertz CT molecular complexity index is 757. The summed E-state index contributed by atoms with van der Waals surface area (Å²) in [6.45, 7) is 2.91. The number of halogens is 1. The number of aromatic nitrogens is 2. The van der Waals surface area contributed by atoms with Gasteiger partial charge in [0.15, 0.2) is 0 Å². The third-order valence-corrected chi connectivity index (χ3v) is 3.54. The van der Waals surface area contributed by atoms with Gasteiger partial charge in [-0.3, -0.25) is 0 Å². The van der Waals surface area contributed by atoms with Crippen LogP contribution in [0.3, 0.4) is 0 Å². The van der Waals surface area contributed by atoms with Crippen LogP contribution >= 0.6 is 0 Å². The summed E-state index contributed by atoms with van der Waals surface area (Å²) in [6, 6.07) is 6.18. The number of hydrogen-bond acceptors (Lipinski definition) is 6. The van der Waals surface area contributed by atoms with E-state index in [9.17, 15) is 9.65 Å². The number of rotatable bonds is 7. The predicted molar refractivity (Wildman–Crippen MR) is 90.1 cm³/mol. The first-order valence-corrected chi connectivity index (χ1v) is 7.76. The van der Waals surface area contributed by atoms with Crippen LogP contribution in [0.1, 0.15) is 37.3 Å². The molecule has 0 spiro atoms. The minimum Gasteiger partial charge on any atom is -0.382 e. The van der Waals surface area contributed by atoms with Crippen LogP contribution in [0, 0.1) is 17.1 Å². The van der Waals surface area contributed by atoms with Crippen molar-refractivity contribution >= 4 is 11.8 Å². The Kier molecular flexibility index (Phi) is 6.04. The Balaban J connectivity index is 2.36. The van der Waals surface area contributed by atoms with Gasteiger partial charge in [-0.05, 0) is 30.2 Å². The Morgan fingerprint density at radius 3 is 2.75 bits per heavy atom. The normalized spacial score (nSPS) is 10.5. The van der Waals surface area contributed by atoms with E-state index in [0.29, 0.717) is 17.7 Å². The molecular formula is C17H20FN5O. The van der Waals surface area contributed by atoms with Crippen molar-refractivity contribution in [2.24, 2.45) is 0 Å². The molecule has 0 fully saturated rings. The molecule has 1 aromatic carbocycles. The lowest BCUT2D eigenvalue weighted by atomic mass is 10.0. The van der Waals surface area contributed by atoms with Gasteiger partial charge in [0.25, 0.3) is 0 Å². The lowest BCUT2D eigenvalue weighted by Crippen LogP contribution is -2.07. The minimum atomic E-state index is -0.389. The fourth-order valence-electron chi connectivity index (χ4n) is 2.35. The van der Waals surface area contributed by atoms with E-state index in [1.807, 2.05) is 6.07 Å². The molecule has 2 aromatic rings. The van der Waals surface area contributed by atoms with Gasteiger partial charge < -0.3 is 16.2 Å². The van der Waals surface area contributed by atoms with Crippen molar-refractivity contribution < 1.29 is 9.13 Å². The van der Waals surface area contributed by atoms with E-state index < -0.39 is 0 Å². The van der Waals surface area contributed by atoms with Crippen molar-refractivity contribution in [3.8, 4) is 17.3 Å². The van der Waals surface area contributed by atoms with E-state index >= 15 is 0 Å². The lowest BCUT2D eigenvalue weighted by molar-refractivity contribution is 0.117. The highest BCUT2D eigenvalue weighted by Crippen LogP contribution is 2.29. The zero-order valence-electron chi connectivity index (χ0n) is 13.6. The van der Waals surface area contributed by atoms with Crippen LogP contribution in [-0.2, 0) is 11.3 Å². The summed E-state index contributed by atoms with van der Waals surface area (Å²) in [4.78, 5) is 7.90. The average molecular weight is 329 g/mol. The Hall–Kier alpha value is -2.72. The van der Waals surface area contributed by atoms with Crippen molar-refractivity contribution in [1.29, 1.82) is 5.26 Å². The molecule has 1 aromatic heterocycles. The number of benzene rings is 1. The zero-order chi connectivity index (χ0) is 17.5. The van der Waals surface area contributed by atoms with E-state index in [1.165, 1.54) is 12.1 Å². The summed E-state index contributed by atoms with van der Waals surface area (Å²) in [7, 11) is 0. The van der Waals surface area contributed by atoms with Crippen molar-refractivity contribution in [2.45, 2.75) is 32.8 Å². The summed E-state index contributed by atoms with van der Waals surface area (Å²) in [5, 5.41) is 9.31. The summed E-state index contributed by atoms with van der Waals surface area (Å²) in [6.07, 6.45) is 3.12. The smallest absolute Gasteiger partial charge is 0.222 e. The van der Waals surface area contributed by atoms with E-state index in [2.05, 4.69) is 16.9 Å². The zero-order valence-corrected chi connectivity index (χ0v) is 13.6. The number of nitrogens with zero attached hydrogens (tertiary/aromatic N) is 3. The van der Waals surface area contributed by atoms with Crippen molar-refractivity contribution in [3.63, 3.8) is 0 Å². The Morgan fingerprint density at radius 2 is 2.04 bits per heavy atom. The van der Waals surface area contributed by atoms with Crippen LogP contribution in [0.4, 0.5) is 16.2 Å². The molecule has 6 nitrogen and oxygen atoms in total. The summed E-state index contributed by atoms with van der Waals surface area (Å²) >= 11 is 0. The largest absolute Gasteiger partial charge is 0.382 e. The fourth-order valence-corrected chi connectivity index (χ4v) is 2.35. The van der Waals surface area contributed by atoms with Crippen molar-refractivity contribution in [1.82, 2.24) is 9.97 Å². The van der Waals surface area contributed by atoms with E-state index in [-0.39, 0.29) is 35.4 Å². The Labute approximate surface area is 140 Å². The first-order chi connectivity index (χ1) is 11.6.